The zero-order valence-electron chi connectivity index (χ0n) is 13.6. The Bertz CT molecular complexity index is 738. The summed E-state index contributed by atoms with van der Waals surface area (Å²) in [6, 6.07) is 0. The van der Waals surface area contributed by atoms with Crippen LogP contribution in [0.15, 0.2) is 12.4 Å². The molecule has 1 saturated heterocycles. The van der Waals surface area contributed by atoms with Gasteiger partial charge in [-0.15, -0.1) is 0 Å². The Morgan fingerprint density at radius 1 is 1.38 bits per heavy atom. The van der Waals surface area contributed by atoms with E-state index >= 15 is 0 Å². The summed E-state index contributed by atoms with van der Waals surface area (Å²) in [5.74, 6) is -1.31. The van der Waals surface area contributed by atoms with Gasteiger partial charge >= 0.3 is 5.97 Å². The lowest BCUT2D eigenvalue weighted by Gasteiger charge is -2.16. The highest BCUT2D eigenvalue weighted by Crippen LogP contribution is 2.34. The Kier molecular flexibility index (Phi) is 4.32. The van der Waals surface area contributed by atoms with Crippen LogP contribution in [-0.4, -0.2) is 60.2 Å². The maximum atomic E-state index is 12.8. The molecule has 128 valence electrons. The zero-order chi connectivity index (χ0) is 17.3. The highest BCUT2D eigenvalue weighted by atomic mass is 16.4. The minimum Gasteiger partial charge on any atom is -0.481 e. The van der Waals surface area contributed by atoms with Gasteiger partial charge in [0.2, 0.25) is 0 Å². The molecule has 9 nitrogen and oxygen atoms in total. The van der Waals surface area contributed by atoms with Crippen LogP contribution in [0.4, 0.5) is 0 Å². The molecule has 0 aromatic carbocycles. The summed E-state index contributed by atoms with van der Waals surface area (Å²) in [5, 5.41) is 23.8. The van der Waals surface area contributed by atoms with E-state index in [1.165, 1.54) is 0 Å². The Balaban J connectivity index is 1.82. The molecule has 2 aromatic rings. The van der Waals surface area contributed by atoms with Gasteiger partial charge in [-0.3, -0.25) is 14.3 Å². The summed E-state index contributed by atoms with van der Waals surface area (Å²) in [5.41, 5.74) is 2.08. The van der Waals surface area contributed by atoms with Crippen molar-refractivity contribution in [3.63, 3.8) is 0 Å². The van der Waals surface area contributed by atoms with Crippen LogP contribution in [0.25, 0.3) is 0 Å². The molecular weight excluding hydrogens is 312 g/mol. The maximum Gasteiger partial charge on any atom is 0.303 e. The molecule has 1 aliphatic rings. The van der Waals surface area contributed by atoms with Crippen molar-refractivity contribution in [1.82, 2.24) is 30.1 Å². The van der Waals surface area contributed by atoms with E-state index in [0.29, 0.717) is 30.9 Å². The number of H-pyrrole nitrogens is 1. The molecule has 1 aliphatic heterocycles. The molecule has 3 rings (SSSR count). The number of aromatic nitrogens is 5. The monoisotopic (exact) mass is 332 g/mol. The van der Waals surface area contributed by atoms with Crippen LogP contribution >= 0.6 is 0 Å². The number of likely N-dealkylation sites (tertiary alicyclic amines) is 1. The average molecular weight is 332 g/mol. The first kappa shape index (κ1) is 16.2. The van der Waals surface area contributed by atoms with Crippen LogP contribution < -0.4 is 0 Å². The number of hydrogen-bond acceptors (Lipinski definition) is 5. The normalized spacial score (nSPS) is 20.5. The number of carboxylic acids is 1. The minimum atomic E-state index is -0.877. The first-order chi connectivity index (χ1) is 11.5. The number of carbonyl (C=O) groups excluding carboxylic acids is 1. The van der Waals surface area contributed by atoms with Gasteiger partial charge in [0.25, 0.3) is 5.91 Å². The molecular formula is C15H20N6O3. The van der Waals surface area contributed by atoms with Crippen LogP contribution in [0.3, 0.4) is 0 Å². The van der Waals surface area contributed by atoms with E-state index < -0.39 is 5.97 Å². The summed E-state index contributed by atoms with van der Waals surface area (Å²) in [7, 11) is 0. The maximum absolute atomic E-state index is 12.8. The van der Waals surface area contributed by atoms with Gasteiger partial charge < -0.3 is 10.0 Å². The topological polar surface area (TPSA) is 117 Å². The number of nitrogens with one attached hydrogen (secondary N) is 1. The van der Waals surface area contributed by atoms with Crippen molar-refractivity contribution in [1.29, 1.82) is 0 Å². The van der Waals surface area contributed by atoms with Gasteiger partial charge in [-0.05, 0) is 19.8 Å². The Labute approximate surface area is 138 Å². The van der Waals surface area contributed by atoms with Crippen LogP contribution in [0.2, 0.25) is 0 Å². The Hall–Kier alpha value is -2.71. The second kappa shape index (κ2) is 6.42. The summed E-state index contributed by atoms with van der Waals surface area (Å²) >= 11 is 0. The number of aromatic amines is 1. The predicted octanol–water partition coefficient (Wildman–Crippen LogP) is 0.660. The van der Waals surface area contributed by atoms with Crippen molar-refractivity contribution in [2.45, 2.75) is 32.7 Å². The summed E-state index contributed by atoms with van der Waals surface area (Å²) in [6.07, 6.45) is 3.17. The lowest BCUT2D eigenvalue weighted by Crippen LogP contribution is -2.29. The van der Waals surface area contributed by atoms with Gasteiger partial charge in [-0.2, -0.15) is 20.5 Å². The van der Waals surface area contributed by atoms with Gasteiger partial charge in [-0.1, -0.05) is 0 Å². The molecule has 1 amide bonds. The molecule has 0 radical (unpaired) electrons. The van der Waals surface area contributed by atoms with Crippen molar-refractivity contribution in [3.8, 4) is 0 Å². The predicted molar refractivity (Wildman–Crippen MR) is 83.4 cm³/mol. The fraction of sp³-hybridized carbons (Fsp3) is 0.533. The van der Waals surface area contributed by atoms with Crippen molar-refractivity contribution in [3.05, 3.63) is 29.3 Å². The third-order valence-corrected chi connectivity index (χ3v) is 4.61. The highest BCUT2D eigenvalue weighted by Gasteiger charge is 2.39. The van der Waals surface area contributed by atoms with E-state index in [9.17, 15) is 9.59 Å². The number of nitrogens with zero attached hydrogens (tertiary/aromatic N) is 5. The number of aliphatic carboxylic acids is 1. The minimum absolute atomic E-state index is 0.00545. The third-order valence-electron chi connectivity index (χ3n) is 4.61. The van der Waals surface area contributed by atoms with Gasteiger partial charge in [0.15, 0.2) is 0 Å². The molecule has 0 bridgehead atoms. The highest BCUT2D eigenvalue weighted by molar-refractivity contribution is 5.95. The van der Waals surface area contributed by atoms with E-state index in [1.54, 1.807) is 22.0 Å². The molecule has 2 N–H and O–H groups in total. The van der Waals surface area contributed by atoms with Crippen molar-refractivity contribution < 1.29 is 14.7 Å². The Morgan fingerprint density at radius 2 is 2.17 bits per heavy atom. The molecule has 0 aliphatic carbocycles. The number of hydrogen-bond donors (Lipinski definition) is 2. The second-order valence-corrected chi connectivity index (χ2v) is 6.03. The molecule has 0 spiro atoms. The van der Waals surface area contributed by atoms with E-state index in [-0.39, 0.29) is 24.2 Å². The molecule has 3 heterocycles. The number of amides is 1. The lowest BCUT2D eigenvalue weighted by molar-refractivity contribution is -0.138. The van der Waals surface area contributed by atoms with E-state index in [2.05, 4.69) is 20.5 Å². The van der Waals surface area contributed by atoms with E-state index in [0.717, 1.165) is 5.69 Å². The van der Waals surface area contributed by atoms with Gasteiger partial charge in [-0.25, -0.2) is 0 Å². The number of carboxylic acid groups (broad SMARTS) is 1. The average Bonchev–Trinajstić information content (AvgIpc) is 3.25. The fourth-order valence-electron chi connectivity index (χ4n) is 3.34. The number of carbonyl (C=O) groups is 2. The number of aryl methyl sites for hydroxylation is 1. The third kappa shape index (κ3) is 2.89. The quantitative estimate of drug-likeness (QED) is 0.830. The molecule has 0 unspecified atom stereocenters. The first-order valence-electron chi connectivity index (χ1n) is 7.90. The van der Waals surface area contributed by atoms with Gasteiger partial charge in [0.1, 0.15) is 0 Å². The van der Waals surface area contributed by atoms with Crippen LogP contribution in [0.5, 0.6) is 0 Å². The SMILES string of the molecule is CCn1ncc(C(=O)N2C[C@@H](CC(=O)O)[C@@H](c3cn[nH]n3)C2)c1C. The Morgan fingerprint density at radius 3 is 2.75 bits per heavy atom. The molecule has 24 heavy (non-hydrogen) atoms. The van der Waals surface area contributed by atoms with Crippen LogP contribution in [0.1, 0.15) is 41.0 Å². The summed E-state index contributed by atoms with van der Waals surface area (Å²) in [4.78, 5) is 25.7. The fourth-order valence-corrected chi connectivity index (χ4v) is 3.34. The smallest absolute Gasteiger partial charge is 0.303 e. The summed E-state index contributed by atoms with van der Waals surface area (Å²) in [6.45, 7) is 5.35. The van der Waals surface area contributed by atoms with Gasteiger partial charge in [0.05, 0.1) is 30.1 Å². The van der Waals surface area contributed by atoms with Crippen LogP contribution in [-0.2, 0) is 11.3 Å². The molecule has 2 aromatic heterocycles. The number of rotatable bonds is 5. The molecule has 2 atom stereocenters. The summed E-state index contributed by atoms with van der Waals surface area (Å²) < 4.78 is 1.77. The molecule has 1 fully saturated rings. The van der Waals surface area contributed by atoms with E-state index in [4.69, 9.17) is 5.11 Å². The second-order valence-electron chi connectivity index (χ2n) is 6.03. The molecule has 0 saturated carbocycles. The largest absolute Gasteiger partial charge is 0.481 e. The van der Waals surface area contributed by atoms with Gasteiger partial charge in [0, 0.05) is 31.2 Å². The van der Waals surface area contributed by atoms with E-state index in [1.807, 2.05) is 13.8 Å². The van der Waals surface area contributed by atoms with Crippen LogP contribution in [0, 0.1) is 12.8 Å². The standard InChI is InChI=1S/C15H20N6O3/c1-3-21-9(2)11(5-17-21)15(24)20-7-10(4-14(22)23)12(8-20)13-6-16-19-18-13/h5-6,10,12H,3-4,7-8H2,1-2H3,(H,22,23)(H,16,18,19)/t10-,12+/m1/s1. The molecule has 9 heteroatoms. The first-order valence-corrected chi connectivity index (χ1v) is 7.90. The van der Waals surface area contributed by atoms with Crippen molar-refractivity contribution in [2.75, 3.05) is 13.1 Å². The lowest BCUT2D eigenvalue weighted by atomic mass is 9.91. The van der Waals surface area contributed by atoms with Crippen molar-refractivity contribution >= 4 is 11.9 Å². The van der Waals surface area contributed by atoms with Crippen molar-refractivity contribution in [2.24, 2.45) is 5.92 Å². The zero-order valence-corrected chi connectivity index (χ0v) is 13.6.